The van der Waals surface area contributed by atoms with Crippen LogP contribution in [0.3, 0.4) is 0 Å². The van der Waals surface area contributed by atoms with Crippen molar-refractivity contribution in [1.29, 1.82) is 0 Å². The Morgan fingerprint density at radius 1 is 1.75 bits per heavy atom. The van der Waals surface area contributed by atoms with Gasteiger partial charge in [-0.2, -0.15) is 11.8 Å². The molecule has 0 aliphatic rings. The van der Waals surface area contributed by atoms with Gasteiger partial charge in [-0.25, -0.2) is 0 Å². The van der Waals surface area contributed by atoms with Crippen molar-refractivity contribution in [2.45, 2.75) is 13.3 Å². The quantitative estimate of drug-likeness (QED) is 0.414. The molecular weight excluding hydrogens is 116 g/mol. The highest BCUT2D eigenvalue weighted by molar-refractivity contribution is 7.99. The summed E-state index contributed by atoms with van der Waals surface area (Å²) in [7, 11) is 0. The topological polar surface area (TPSA) is 0 Å². The van der Waals surface area contributed by atoms with Crippen LogP contribution >= 0.6 is 11.8 Å². The maximum Gasteiger partial charge on any atom is 0.0188 e. The number of hydrogen-bond donors (Lipinski definition) is 0. The zero-order valence-corrected chi connectivity index (χ0v) is 6.13. The molecule has 46 valence electrons. The SMILES string of the molecule is C=C=CCSCCC. The van der Waals surface area contributed by atoms with E-state index in [0.29, 0.717) is 0 Å². The van der Waals surface area contributed by atoms with E-state index in [1.165, 1.54) is 12.2 Å². The van der Waals surface area contributed by atoms with Crippen molar-refractivity contribution in [2.24, 2.45) is 0 Å². The highest BCUT2D eigenvalue weighted by atomic mass is 32.2. The van der Waals surface area contributed by atoms with E-state index in [4.69, 9.17) is 0 Å². The predicted octanol–water partition coefficient (Wildman–Crippen LogP) is 2.47. The Morgan fingerprint density at radius 3 is 3.00 bits per heavy atom. The van der Waals surface area contributed by atoms with Crippen LogP contribution in [-0.2, 0) is 0 Å². The second-order valence-corrected chi connectivity index (χ2v) is 2.63. The molecule has 0 heterocycles. The normalized spacial score (nSPS) is 8.12. The number of thioether (sulfide) groups is 1. The van der Waals surface area contributed by atoms with Crippen LogP contribution in [-0.4, -0.2) is 11.5 Å². The summed E-state index contributed by atoms with van der Waals surface area (Å²) in [5.41, 5.74) is 2.73. The number of rotatable bonds is 4. The molecule has 0 radical (unpaired) electrons. The van der Waals surface area contributed by atoms with Gasteiger partial charge >= 0.3 is 0 Å². The Kier molecular flexibility index (Phi) is 6.76. The van der Waals surface area contributed by atoms with Crippen LogP contribution in [0.15, 0.2) is 18.4 Å². The van der Waals surface area contributed by atoms with E-state index < -0.39 is 0 Å². The molecule has 0 aliphatic heterocycles. The summed E-state index contributed by atoms with van der Waals surface area (Å²) in [4.78, 5) is 0. The Morgan fingerprint density at radius 2 is 2.50 bits per heavy atom. The summed E-state index contributed by atoms with van der Waals surface area (Å²) in [6.07, 6.45) is 3.22. The van der Waals surface area contributed by atoms with E-state index in [1.54, 1.807) is 0 Å². The lowest BCUT2D eigenvalue weighted by Gasteiger charge is -1.88. The molecule has 0 saturated heterocycles. The largest absolute Gasteiger partial charge is 0.157 e. The van der Waals surface area contributed by atoms with Gasteiger partial charge in [0.05, 0.1) is 0 Å². The molecule has 0 spiro atoms. The number of hydrogen-bond acceptors (Lipinski definition) is 1. The summed E-state index contributed by atoms with van der Waals surface area (Å²) in [6.45, 7) is 5.65. The van der Waals surface area contributed by atoms with E-state index >= 15 is 0 Å². The van der Waals surface area contributed by atoms with Gasteiger partial charge < -0.3 is 0 Å². The van der Waals surface area contributed by atoms with Crippen molar-refractivity contribution in [1.82, 2.24) is 0 Å². The molecule has 1 heteroatoms. The van der Waals surface area contributed by atoms with E-state index in [-0.39, 0.29) is 0 Å². The minimum Gasteiger partial charge on any atom is -0.157 e. The van der Waals surface area contributed by atoms with Gasteiger partial charge in [0.1, 0.15) is 0 Å². The first kappa shape index (κ1) is 7.87. The molecule has 0 aromatic carbocycles. The van der Waals surface area contributed by atoms with E-state index in [2.05, 4.69) is 19.2 Å². The molecule has 0 rings (SSSR count). The van der Waals surface area contributed by atoms with Gasteiger partial charge in [-0.15, -0.1) is 5.73 Å². The Hall–Kier alpha value is -0.130. The average Bonchev–Trinajstić information content (AvgIpc) is 1.81. The molecule has 0 saturated carbocycles. The van der Waals surface area contributed by atoms with Crippen molar-refractivity contribution in [3.63, 3.8) is 0 Å². The van der Waals surface area contributed by atoms with Crippen LogP contribution in [0, 0.1) is 0 Å². The van der Waals surface area contributed by atoms with Crippen molar-refractivity contribution in [3.8, 4) is 0 Å². The third kappa shape index (κ3) is 5.87. The van der Waals surface area contributed by atoms with Crippen molar-refractivity contribution in [3.05, 3.63) is 18.4 Å². The van der Waals surface area contributed by atoms with E-state index in [0.717, 1.165) is 5.75 Å². The van der Waals surface area contributed by atoms with E-state index in [9.17, 15) is 0 Å². The Labute approximate surface area is 55.7 Å². The molecule has 0 fully saturated rings. The first-order valence-corrected chi connectivity index (χ1v) is 3.99. The van der Waals surface area contributed by atoms with Crippen LogP contribution in [0.1, 0.15) is 13.3 Å². The molecule has 0 nitrogen and oxygen atoms in total. The van der Waals surface area contributed by atoms with Crippen molar-refractivity contribution >= 4 is 11.8 Å². The summed E-state index contributed by atoms with van der Waals surface area (Å²) in [5, 5.41) is 0. The lowest BCUT2D eigenvalue weighted by molar-refractivity contribution is 1.11. The zero-order chi connectivity index (χ0) is 6.24. The fraction of sp³-hybridized carbons (Fsp3) is 0.571. The van der Waals surface area contributed by atoms with Crippen LogP contribution in [0.2, 0.25) is 0 Å². The summed E-state index contributed by atoms with van der Waals surface area (Å²) >= 11 is 1.92. The Bertz CT molecular complexity index is 80.4. The first-order chi connectivity index (χ1) is 3.91. The lowest BCUT2D eigenvalue weighted by atomic mass is 10.6. The summed E-state index contributed by atoms with van der Waals surface area (Å²) in [6, 6.07) is 0. The molecule has 0 bridgehead atoms. The third-order valence-corrected chi connectivity index (χ3v) is 1.79. The first-order valence-electron chi connectivity index (χ1n) is 2.83. The highest BCUT2D eigenvalue weighted by Gasteiger charge is 1.77. The molecule has 0 aliphatic carbocycles. The van der Waals surface area contributed by atoms with Crippen LogP contribution in [0.4, 0.5) is 0 Å². The van der Waals surface area contributed by atoms with Crippen molar-refractivity contribution < 1.29 is 0 Å². The monoisotopic (exact) mass is 128 g/mol. The molecule has 0 N–H and O–H groups in total. The predicted molar refractivity (Wildman–Crippen MR) is 41.3 cm³/mol. The minimum absolute atomic E-state index is 1.07. The van der Waals surface area contributed by atoms with Crippen LogP contribution < -0.4 is 0 Å². The van der Waals surface area contributed by atoms with E-state index in [1.807, 2.05) is 17.8 Å². The summed E-state index contributed by atoms with van der Waals surface area (Å²) in [5.74, 6) is 2.32. The zero-order valence-electron chi connectivity index (χ0n) is 5.31. The van der Waals surface area contributed by atoms with Gasteiger partial charge in [0, 0.05) is 5.75 Å². The molecule has 0 aromatic rings. The third-order valence-electron chi connectivity index (χ3n) is 0.694. The highest BCUT2D eigenvalue weighted by Crippen LogP contribution is 2.00. The van der Waals surface area contributed by atoms with Crippen LogP contribution in [0.25, 0.3) is 0 Å². The van der Waals surface area contributed by atoms with Gasteiger partial charge in [-0.1, -0.05) is 13.5 Å². The molecule has 8 heavy (non-hydrogen) atoms. The minimum atomic E-state index is 1.07. The molecule has 0 unspecified atom stereocenters. The maximum atomic E-state index is 3.46. The van der Waals surface area contributed by atoms with Gasteiger partial charge in [0.15, 0.2) is 0 Å². The molecule has 0 atom stereocenters. The van der Waals surface area contributed by atoms with Crippen LogP contribution in [0.5, 0.6) is 0 Å². The van der Waals surface area contributed by atoms with Gasteiger partial charge in [-0.05, 0) is 18.2 Å². The summed E-state index contributed by atoms with van der Waals surface area (Å²) < 4.78 is 0. The standard InChI is InChI=1S/C7H12S/c1-3-5-7-8-6-4-2/h5H,1,4,6-7H2,2H3. The fourth-order valence-electron chi connectivity index (χ4n) is 0.346. The molecule has 0 amide bonds. The smallest absolute Gasteiger partial charge is 0.0188 e. The fourth-order valence-corrected chi connectivity index (χ4v) is 1.04. The second-order valence-electron chi connectivity index (χ2n) is 1.48. The van der Waals surface area contributed by atoms with Gasteiger partial charge in [0.2, 0.25) is 0 Å². The van der Waals surface area contributed by atoms with Crippen molar-refractivity contribution in [2.75, 3.05) is 11.5 Å². The maximum absolute atomic E-state index is 3.46. The average molecular weight is 128 g/mol. The molecule has 0 aromatic heterocycles. The Balaban J connectivity index is 2.82. The van der Waals surface area contributed by atoms with Gasteiger partial charge in [0.25, 0.3) is 0 Å². The lowest BCUT2D eigenvalue weighted by Crippen LogP contribution is -1.73. The second kappa shape index (κ2) is 6.87. The molecular formula is C7H12S. The van der Waals surface area contributed by atoms with Gasteiger partial charge in [-0.3, -0.25) is 0 Å².